The molecule has 6 heteroatoms. The first-order chi connectivity index (χ1) is 8.96. The zero-order chi connectivity index (χ0) is 14.7. The van der Waals surface area contributed by atoms with Gasteiger partial charge in [0.15, 0.2) is 5.41 Å². The van der Waals surface area contributed by atoms with Crippen LogP contribution in [-0.4, -0.2) is 52.6 Å². The third-order valence-electron chi connectivity index (χ3n) is 2.47. The highest BCUT2D eigenvalue weighted by Crippen LogP contribution is 2.19. The third kappa shape index (κ3) is 7.12. The van der Waals surface area contributed by atoms with Gasteiger partial charge in [0.2, 0.25) is 0 Å². The molecule has 0 fully saturated rings. The molecule has 0 amide bonds. The van der Waals surface area contributed by atoms with Crippen molar-refractivity contribution in [3.05, 3.63) is 0 Å². The van der Waals surface area contributed by atoms with E-state index in [4.69, 9.17) is 18.9 Å². The van der Waals surface area contributed by atoms with Crippen LogP contribution in [0.25, 0.3) is 0 Å². The molecule has 0 saturated heterocycles. The van der Waals surface area contributed by atoms with Gasteiger partial charge in [0.05, 0.1) is 13.2 Å². The lowest BCUT2D eigenvalue weighted by Gasteiger charge is -2.20. The molecule has 0 aliphatic carbocycles. The van der Waals surface area contributed by atoms with Crippen LogP contribution in [0.15, 0.2) is 0 Å². The van der Waals surface area contributed by atoms with Crippen molar-refractivity contribution in [3.8, 4) is 0 Å². The summed E-state index contributed by atoms with van der Waals surface area (Å²) in [5.41, 5.74) is -1.29. The number of ether oxygens (including phenoxy) is 4. The summed E-state index contributed by atoms with van der Waals surface area (Å²) in [6.07, 6.45) is 1.20. The molecule has 0 spiro atoms. The van der Waals surface area contributed by atoms with E-state index in [1.165, 1.54) is 13.8 Å². The molecule has 0 aromatic heterocycles. The molecule has 0 bridgehead atoms. The SMILES string of the molecule is COCCCOC(=O)C(C)(C)C(=O)OCCCOC. The monoisotopic (exact) mass is 276 g/mol. The summed E-state index contributed by atoms with van der Waals surface area (Å²) >= 11 is 0. The summed E-state index contributed by atoms with van der Waals surface area (Å²) < 4.78 is 19.7. The molecule has 0 heterocycles. The predicted molar refractivity (Wildman–Crippen MR) is 68.7 cm³/mol. The van der Waals surface area contributed by atoms with Gasteiger partial charge in [-0.05, 0) is 13.8 Å². The maximum atomic E-state index is 11.8. The minimum absolute atomic E-state index is 0.229. The predicted octanol–water partition coefficient (Wildman–Crippen LogP) is 1.17. The van der Waals surface area contributed by atoms with Gasteiger partial charge in [-0.1, -0.05) is 0 Å². The van der Waals surface area contributed by atoms with Crippen LogP contribution in [0.5, 0.6) is 0 Å². The molecular formula is C13H24O6. The Balaban J connectivity index is 4.04. The van der Waals surface area contributed by atoms with Gasteiger partial charge in [0.25, 0.3) is 0 Å². The average molecular weight is 276 g/mol. The third-order valence-corrected chi connectivity index (χ3v) is 2.47. The molecule has 6 nitrogen and oxygen atoms in total. The Bertz CT molecular complexity index is 248. The number of carbonyl (C=O) groups is 2. The van der Waals surface area contributed by atoms with Crippen molar-refractivity contribution in [2.45, 2.75) is 26.7 Å². The smallest absolute Gasteiger partial charge is 0.322 e. The minimum atomic E-state index is -1.29. The number of carbonyl (C=O) groups excluding carboxylic acids is 2. The highest BCUT2D eigenvalue weighted by molar-refractivity contribution is 5.99. The van der Waals surface area contributed by atoms with E-state index in [1.807, 2.05) is 0 Å². The van der Waals surface area contributed by atoms with E-state index in [0.717, 1.165) is 0 Å². The van der Waals surface area contributed by atoms with Crippen LogP contribution >= 0.6 is 0 Å². The minimum Gasteiger partial charge on any atom is -0.465 e. The second-order valence-electron chi connectivity index (χ2n) is 4.59. The first-order valence-electron chi connectivity index (χ1n) is 6.29. The summed E-state index contributed by atoms with van der Waals surface area (Å²) in [5, 5.41) is 0. The molecule has 0 aromatic carbocycles. The topological polar surface area (TPSA) is 71.1 Å². The number of rotatable bonds is 10. The van der Waals surface area contributed by atoms with Crippen LogP contribution < -0.4 is 0 Å². The van der Waals surface area contributed by atoms with E-state index in [2.05, 4.69) is 0 Å². The fourth-order valence-electron chi connectivity index (χ4n) is 1.18. The van der Waals surface area contributed by atoms with Gasteiger partial charge in [-0.2, -0.15) is 0 Å². The lowest BCUT2D eigenvalue weighted by molar-refractivity contribution is -0.170. The highest BCUT2D eigenvalue weighted by Gasteiger charge is 2.39. The van der Waals surface area contributed by atoms with Crippen molar-refractivity contribution in [2.24, 2.45) is 5.41 Å². The molecule has 0 atom stereocenters. The molecule has 0 radical (unpaired) electrons. The van der Waals surface area contributed by atoms with E-state index in [-0.39, 0.29) is 13.2 Å². The van der Waals surface area contributed by atoms with Crippen molar-refractivity contribution in [1.29, 1.82) is 0 Å². The lowest BCUT2D eigenvalue weighted by Crippen LogP contribution is -2.37. The van der Waals surface area contributed by atoms with E-state index in [1.54, 1.807) is 14.2 Å². The molecule has 0 aliphatic rings. The van der Waals surface area contributed by atoms with Gasteiger partial charge < -0.3 is 18.9 Å². The molecule has 0 aromatic rings. The summed E-state index contributed by atoms with van der Waals surface area (Å²) in [7, 11) is 3.15. The van der Waals surface area contributed by atoms with Gasteiger partial charge in [-0.3, -0.25) is 9.59 Å². The first-order valence-corrected chi connectivity index (χ1v) is 6.29. The second kappa shape index (κ2) is 9.75. The Morgan fingerprint density at radius 1 is 0.789 bits per heavy atom. The van der Waals surface area contributed by atoms with Crippen molar-refractivity contribution < 1.29 is 28.5 Å². The highest BCUT2D eigenvalue weighted by atomic mass is 16.6. The van der Waals surface area contributed by atoms with Gasteiger partial charge in [0, 0.05) is 40.3 Å². The molecule has 0 N–H and O–H groups in total. The summed E-state index contributed by atoms with van der Waals surface area (Å²) in [5.74, 6) is -1.17. The molecule has 0 rings (SSSR count). The van der Waals surface area contributed by atoms with Crippen molar-refractivity contribution in [2.75, 3.05) is 40.6 Å². The first kappa shape index (κ1) is 17.9. The van der Waals surface area contributed by atoms with E-state index < -0.39 is 17.4 Å². The van der Waals surface area contributed by atoms with Crippen molar-refractivity contribution in [1.82, 2.24) is 0 Å². The normalized spacial score (nSPS) is 11.2. The van der Waals surface area contributed by atoms with Gasteiger partial charge in [-0.25, -0.2) is 0 Å². The van der Waals surface area contributed by atoms with E-state index >= 15 is 0 Å². The molecule has 19 heavy (non-hydrogen) atoms. The zero-order valence-electron chi connectivity index (χ0n) is 12.2. The summed E-state index contributed by atoms with van der Waals surface area (Å²) in [4.78, 5) is 23.5. The van der Waals surface area contributed by atoms with Crippen LogP contribution in [0, 0.1) is 5.41 Å². The zero-order valence-corrected chi connectivity index (χ0v) is 12.2. The summed E-state index contributed by atoms with van der Waals surface area (Å²) in [6, 6.07) is 0. The van der Waals surface area contributed by atoms with Gasteiger partial charge >= 0.3 is 11.9 Å². The van der Waals surface area contributed by atoms with Crippen LogP contribution in [0.1, 0.15) is 26.7 Å². The van der Waals surface area contributed by atoms with Crippen LogP contribution in [0.3, 0.4) is 0 Å². The molecule has 0 aliphatic heterocycles. The Labute approximate surface area is 114 Å². The van der Waals surface area contributed by atoms with Crippen LogP contribution in [0.2, 0.25) is 0 Å². The number of esters is 2. The number of hydrogen-bond acceptors (Lipinski definition) is 6. The van der Waals surface area contributed by atoms with Crippen LogP contribution in [-0.2, 0) is 28.5 Å². The number of hydrogen-bond donors (Lipinski definition) is 0. The standard InChI is InChI=1S/C13H24O6/c1-13(2,11(14)18-9-5-7-16-3)12(15)19-10-6-8-17-4/h5-10H2,1-4H3. The Hall–Kier alpha value is -1.14. The van der Waals surface area contributed by atoms with Gasteiger partial charge in [-0.15, -0.1) is 0 Å². The summed E-state index contributed by atoms with van der Waals surface area (Å²) in [6.45, 7) is 4.46. The van der Waals surface area contributed by atoms with Crippen molar-refractivity contribution >= 4 is 11.9 Å². The Kier molecular flexibility index (Phi) is 9.16. The molecule has 0 unspecified atom stereocenters. The quantitative estimate of drug-likeness (QED) is 0.339. The van der Waals surface area contributed by atoms with Crippen LogP contribution in [0.4, 0.5) is 0 Å². The number of methoxy groups -OCH3 is 2. The van der Waals surface area contributed by atoms with E-state index in [0.29, 0.717) is 26.1 Å². The Morgan fingerprint density at radius 3 is 1.47 bits per heavy atom. The molecule has 0 saturated carbocycles. The van der Waals surface area contributed by atoms with Gasteiger partial charge in [0.1, 0.15) is 0 Å². The van der Waals surface area contributed by atoms with E-state index in [9.17, 15) is 9.59 Å². The average Bonchev–Trinajstić information content (AvgIpc) is 2.39. The molecule has 112 valence electrons. The lowest BCUT2D eigenvalue weighted by atomic mass is 9.94. The Morgan fingerprint density at radius 2 is 1.16 bits per heavy atom. The molecular weight excluding hydrogens is 252 g/mol. The fourth-order valence-corrected chi connectivity index (χ4v) is 1.18. The maximum absolute atomic E-state index is 11.8. The largest absolute Gasteiger partial charge is 0.465 e. The fraction of sp³-hybridized carbons (Fsp3) is 0.846. The van der Waals surface area contributed by atoms with Crippen molar-refractivity contribution in [3.63, 3.8) is 0 Å². The second-order valence-corrected chi connectivity index (χ2v) is 4.59. The maximum Gasteiger partial charge on any atom is 0.322 e.